The van der Waals surface area contributed by atoms with Gasteiger partial charge in [-0.2, -0.15) is 0 Å². The Balaban J connectivity index is 4.41. The molecule has 0 aromatic rings. The maximum absolute atomic E-state index is 12.9. The number of esters is 3. The Hall–Kier alpha value is -3.67. The summed E-state index contributed by atoms with van der Waals surface area (Å²) in [5.74, 6) is -0.942. The Morgan fingerprint density at radius 2 is 0.638 bits per heavy atom. The molecule has 0 bridgehead atoms. The molecular formula is C63H106O6. The van der Waals surface area contributed by atoms with Crippen molar-refractivity contribution in [2.75, 3.05) is 13.2 Å². The highest BCUT2D eigenvalue weighted by atomic mass is 16.6. The molecule has 0 saturated heterocycles. The van der Waals surface area contributed by atoms with E-state index in [1.807, 2.05) is 30.4 Å². The SMILES string of the molecule is CC\C=C/C=C\C=C/C=C\CCCCCC(=O)OCC(COC(=O)CCCCCCCCCCC/C=C\C/C=C\C/C=C\CC)OC(=O)CCCCCCCCC/C=C\CCCCCCCCCC. The van der Waals surface area contributed by atoms with Gasteiger partial charge >= 0.3 is 17.9 Å². The number of unbranched alkanes of at least 4 members (excludes halogenated alkanes) is 27. The van der Waals surface area contributed by atoms with Crippen molar-refractivity contribution in [2.24, 2.45) is 0 Å². The third-order valence-electron chi connectivity index (χ3n) is 12.1. The van der Waals surface area contributed by atoms with Gasteiger partial charge in [-0.25, -0.2) is 0 Å². The summed E-state index contributed by atoms with van der Waals surface area (Å²) < 4.78 is 16.8. The third-order valence-corrected chi connectivity index (χ3v) is 12.1. The molecule has 0 N–H and O–H groups in total. The van der Waals surface area contributed by atoms with Crippen molar-refractivity contribution in [3.05, 3.63) is 97.2 Å². The first-order valence-electron chi connectivity index (χ1n) is 28.8. The molecule has 6 nitrogen and oxygen atoms in total. The summed E-state index contributed by atoms with van der Waals surface area (Å²) >= 11 is 0. The molecule has 1 atom stereocenters. The molecule has 0 aliphatic rings. The summed E-state index contributed by atoms with van der Waals surface area (Å²) in [6.45, 7) is 6.36. The van der Waals surface area contributed by atoms with Crippen LogP contribution in [0.2, 0.25) is 0 Å². The number of hydrogen-bond donors (Lipinski definition) is 0. The minimum Gasteiger partial charge on any atom is -0.462 e. The number of rotatable bonds is 51. The fourth-order valence-electron chi connectivity index (χ4n) is 7.87. The number of carbonyl (C=O) groups is 3. The molecule has 0 aliphatic carbocycles. The van der Waals surface area contributed by atoms with E-state index in [1.165, 1.54) is 135 Å². The Morgan fingerprint density at radius 1 is 0.319 bits per heavy atom. The molecule has 0 amide bonds. The molecule has 0 aromatic carbocycles. The van der Waals surface area contributed by atoms with E-state index in [9.17, 15) is 14.4 Å². The van der Waals surface area contributed by atoms with E-state index in [0.29, 0.717) is 19.3 Å². The average Bonchev–Trinajstić information content (AvgIpc) is 3.35. The van der Waals surface area contributed by atoms with Gasteiger partial charge in [-0.1, -0.05) is 246 Å². The monoisotopic (exact) mass is 959 g/mol. The molecule has 0 heterocycles. The highest BCUT2D eigenvalue weighted by molar-refractivity contribution is 5.71. The molecule has 0 fully saturated rings. The largest absolute Gasteiger partial charge is 0.462 e. The van der Waals surface area contributed by atoms with Gasteiger partial charge in [0.15, 0.2) is 6.10 Å². The van der Waals surface area contributed by atoms with E-state index in [0.717, 1.165) is 89.9 Å². The quantitative estimate of drug-likeness (QED) is 0.0199. The van der Waals surface area contributed by atoms with Crippen LogP contribution < -0.4 is 0 Å². The summed E-state index contributed by atoms with van der Waals surface area (Å²) in [5.41, 5.74) is 0. The van der Waals surface area contributed by atoms with Gasteiger partial charge in [0.25, 0.3) is 0 Å². The van der Waals surface area contributed by atoms with Crippen LogP contribution in [-0.2, 0) is 28.6 Å². The van der Waals surface area contributed by atoms with E-state index in [4.69, 9.17) is 14.2 Å². The number of allylic oxidation sites excluding steroid dienone is 16. The molecule has 0 aromatic heterocycles. The van der Waals surface area contributed by atoms with Crippen LogP contribution >= 0.6 is 0 Å². The number of carbonyl (C=O) groups excluding carboxylic acids is 3. The number of hydrogen-bond acceptors (Lipinski definition) is 6. The smallest absolute Gasteiger partial charge is 0.306 e. The third kappa shape index (κ3) is 55.1. The van der Waals surface area contributed by atoms with Gasteiger partial charge in [0.05, 0.1) is 0 Å². The zero-order valence-electron chi connectivity index (χ0n) is 45.0. The van der Waals surface area contributed by atoms with Crippen molar-refractivity contribution < 1.29 is 28.6 Å². The van der Waals surface area contributed by atoms with Gasteiger partial charge < -0.3 is 14.2 Å². The zero-order chi connectivity index (χ0) is 50.0. The molecule has 0 radical (unpaired) electrons. The molecule has 0 spiro atoms. The van der Waals surface area contributed by atoms with Crippen molar-refractivity contribution in [3.63, 3.8) is 0 Å². The lowest BCUT2D eigenvalue weighted by atomic mass is 10.1. The van der Waals surface area contributed by atoms with Crippen molar-refractivity contribution in [1.29, 1.82) is 0 Å². The Labute approximate surface area is 426 Å². The first-order valence-corrected chi connectivity index (χ1v) is 28.8. The summed E-state index contributed by atoms with van der Waals surface area (Å²) in [7, 11) is 0. The Kier molecular flexibility index (Phi) is 53.9. The zero-order valence-corrected chi connectivity index (χ0v) is 45.0. The van der Waals surface area contributed by atoms with Crippen molar-refractivity contribution in [2.45, 2.75) is 271 Å². The average molecular weight is 960 g/mol. The summed E-state index contributed by atoms with van der Waals surface area (Å²) in [6, 6.07) is 0. The van der Waals surface area contributed by atoms with E-state index < -0.39 is 6.10 Å². The van der Waals surface area contributed by atoms with Crippen molar-refractivity contribution in [1.82, 2.24) is 0 Å². The van der Waals surface area contributed by atoms with Crippen LogP contribution in [0.3, 0.4) is 0 Å². The Morgan fingerprint density at radius 3 is 1.09 bits per heavy atom. The van der Waals surface area contributed by atoms with Crippen LogP contribution in [0.4, 0.5) is 0 Å². The van der Waals surface area contributed by atoms with E-state index in [-0.39, 0.29) is 31.1 Å². The van der Waals surface area contributed by atoms with Gasteiger partial charge in [0.1, 0.15) is 13.2 Å². The van der Waals surface area contributed by atoms with Crippen LogP contribution in [0.1, 0.15) is 265 Å². The molecule has 69 heavy (non-hydrogen) atoms. The number of ether oxygens (including phenoxy) is 3. The summed E-state index contributed by atoms with van der Waals surface area (Å²) in [4.78, 5) is 38.1. The minimum atomic E-state index is -0.799. The second-order valence-electron chi connectivity index (χ2n) is 18.9. The predicted octanol–water partition coefficient (Wildman–Crippen LogP) is 19.3. The van der Waals surface area contributed by atoms with Crippen molar-refractivity contribution in [3.8, 4) is 0 Å². The fourth-order valence-corrected chi connectivity index (χ4v) is 7.87. The van der Waals surface area contributed by atoms with E-state index in [1.54, 1.807) is 0 Å². The molecule has 0 saturated carbocycles. The summed E-state index contributed by atoms with van der Waals surface area (Å²) in [6.07, 6.45) is 75.4. The van der Waals surface area contributed by atoms with Crippen molar-refractivity contribution >= 4 is 17.9 Å². The second-order valence-corrected chi connectivity index (χ2v) is 18.9. The molecule has 0 aliphatic heterocycles. The van der Waals surface area contributed by atoms with Crippen LogP contribution in [0, 0.1) is 0 Å². The van der Waals surface area contributed by atoms with Gasteiger partial charge in [-0.3, -0.25) is 14.4 Å². The van der Waals surface area contributed by atoms with Gasteiger partial charge in [-0.15, -0.1) is 0 Å². The van der Waals surface area contributed by atoms with Crippen LogP contribution in [0.25, 0.3) is 0 Å². The van der Waals surface area contributed by atoms with Crippen LogP contribution in [0.15, 0.2) is 97.2 Å². The van der Waals surface area contributed by atoms with E-state index >= 15 is 0 Å². The van der Waals surface area contributed by atoms with Gasteiger partial charge in [0, 0.05) is 19.3 Å². The normalized spacial score (nSPS) is 12.8. The molecular weight excluding hydrogens is 853 g/mol. The van der Waals surface area contributed by atoms with Gasteiger partial charge in [-0.05, 0) is 96.3 Å². The van der Waals surface area contributed by atoms with E-state index in [2.05, 4.69) is 87.6 Å². The topological polar surface area (TPSA) is 78.9 Å². The highest BCUT2D eigenvalue weighted by Crippen LogP contribution is 2.15. The lowest BCUT2D eigenvalue weighted by Gasteiger charge is -2.18. The molecule has 1 unspecified atom stereocenters. The predicted molar refractivity (Wildman–Crippen MR) is 297 cm³/mol. The second kappa shape index (κ2) is 56.9. The van der Waals surface area contributed by atoms with Gasteiger partial charge in [0.2, 0.25) is 0 Å². The fraction of sp³-hybridized carbons (Fsp3) is 0.698. The first kappa shape index (κ1) is 65.3. The maximum Gasteiger partial charge on any atom is 0.306 e. The Bertz CT molecular complexity index is 1380. The maximum atomic E-state index is 12.9. The highest BCUT2D eigenvalue weighted by Gasteiger charge is 2.19. The minimum absolute atomic E-state index is 0.0952. The van der Waals surface area contributed by atoms with Crippen LogP contribution in [0.5, 0.6) is 0 Å². The molecule has 394 valence electrons. The molecule has 6 heteroatoms. The van der Waals surface area contributed by atoms with Crippen LogP contribution in [-0.4, -0.2) is 37.2 Å². The standard InChI is InChI=1S/C63H106O6/c1-4-7-10-13-16-19-22-25-27-29-31-33-35-38-41-44-47-50-53-56-62(65)68-59-60(58-67-61(64)55-52-49-46-43-40-37-24-21-18-15-12-9-6-3)69-63(66)57-54-51-48-45-42-39-36-34-32-30-28-26-23-20-17-14-11-8-5-2/h7,9-10,12,15-16,18-19,21,24-25,27,30,32,37,40,60H,4-6,8,11,13-14,17,20,22-23,26,28-29,31,33-36,38-39,41-59H2,1-3H3/b10-7-,12-9-,18-15-,19-16-,24-21-,27-25-,32-30-,40-37-. The molecule has 0 rings (SSSR count). The lowest BCUT2D eigenvalue weighted by Crippen LogP contribution is -2.30. The lowest BCUT2D eigenvalue weighted by molar-refractivity contribution is -0.167. The summed E-state index contributed by atoms with van der Waals surface area (Å²) in [5, 5.41) is 0. The first-order chi connectivity index (χ1) is 34.0.